The summed E-state index contributed by atoms with van der Waals surface area (Å²) in [7, 11) is 0. The largest absolute Gasteiger partial charge is 0.379 e. The predicted octanol–water partition coefficient (Wildman–Crippen LogP) is 3.43. The van der Waals surface area contributed by atoms with Crippen molar-refractivity contribution in [3.8, 4) is 0 Å². The molecule has 1 aromatic carbocycles. The van der Waals surface area contributed by atoms with Gasteiger partial charge in [-0.15, -0.1) is 0 Å². The summed E-state index contributed by atoms with van der Waals surface area (Å²) < 4.78 is 32.3. The summed E-state index contributed by atoms with van der Waals surface area (Å²) in [4.78, 5) is 0. The van der Waals surface area contributed by atoms with Crippen molar-refractivity contribution in [1.82, 2.24) is 5.32 Å². The number of rotatable bonds is 8. The molecule has 18 heavy (non-hydrogen) atoms. The Morgan fingerprint density at radius 2 is 2.00 bits per heavy atom. The van der Waals surface area contributed by atoms with E-state index < -0.39 is 11.6 Å². The highest BCUT2D eigenvalue weighted by Crippen LogP contribution is 2.19. The molecule has 0 aliphatic carbocycles. The first-order chi connectivity index (χ1) is 8.69. The van der Waals surface area contributed by atoms with Gasteiger partial charge in [-0.1, -0.05) is 13.8 Å². The number of hydrogen-bond acceptors (Lipinski definition) is 2. The van der Waals surface area contributed by atoms with E-state index >= 15 is 0 Å². The van der Waals surface area contributed by atoms with Crippen molar-refractivity contribution in [3.05, 3.63) is 35.4 Å². The van der Waals surface area contributed by atoms with Crippen LogP contribution in [0.5, 0.6) is 0 Å². The highest BCUT2D eigenvalue weighted by Gasteiger charge is 2.16. The zero-order valence-electron chi connectivity index (χ0n) is 11.0. The first kappa shape index (κ1) is 15.1. The van der Waals surface area contributed by atoms with E-state index in [-0.39, 0.29) is 6.04 Å². The van der Waals surface area contributed by atoms with Gasteiger partial charge in [0.05, 0.1) is 12.6 Å². The van der Waals surface area contributed by atoms with Crippen LogP contribution in [0.1, 0.15) is 38.3 Å². The zero-order chi connectivity index (χ0) is 13.4. The lowest BCUT2D eigenvalue weighted by molar-refractivity contribution is 0.111. The molecule has 0 amide bonds. The number of nitrogens with one attached hydrogen (secondary N) is 1. The van der Waals surface area contributed by atoms with Gasteiger partial charge in [-0.3, -0.25) is 0 Å². The summed E-state index contributed by atoms with van der Waals surface area (Å²) in [5.74, 6) is -0.824. The Kier molecular flexibility index (Phi) is 6.83. The Hall–Kier alpha value is -1.00. The fourth-order valence-electron chi connectivity index (χ4n) is 1.70. The minimum Gasteiger partial charge on any atom is -0.379 e. The Labute approximate surface area is 107 Å². The summed E-state index contributed by atoms with van der Waals surface area (Å²) in [5, 5.41) is 3.18. The van der Waals surface area contributed by atoms with Gasteiger partial charge in [0.15, 0.2) is 0 Å². The third kappa shape index (κ3) is 4.70. The molecule has 2 nitrogen and oxygen atoms in total. The first-order valence-corrected chi connectivity index (χ1v) is 6.45. The van der Waals surface area contributed by atoms with Gasteiger partial charge in [-0.05, 0) is 37.6 Å². The second-order valence-electron chi connectivity index (χ2n) is 4.25. The summed E-state index contributed by atoms with van der Waals surface area (Å²) in [5.41, 5.74) is 0.333. The second-order valence-corrected chi connectivity index (χ2v) is 4.25. The molecule has 1 aromatic rings. The van der Waals surface area contributed by atoms with E-state index in [1.54, 1.807) is 0 Å². The van der Waals surface area contributed by atoms with E-state index in [0.717, 1.165) is 31.5 Å². The molecule has 0 aliphatic heterocycles. The zero-order valence-corrected chi connectivity index (χ0v) is 11.0. The number of ether oxygens (including phenoxy) is 1. The van der Waals surface area contributed by atoms with Crippen molar-refractivity contribution in [2.45, 2.75) is 32.7 Å². The molecular formula is C14H21F2NO. The van der Waals surface area contributed by atoms with E-state index in [2.05, 4.69) is 5.32 Å². The van der Waals surface area contributed by atoms with Gasteiger partial charge in [0.25, 0.3) is 0 Å². The standard InChI is InChI=1S/C14H21F2NO/c1-3-7-17-14(10-18-8-4-2)12-9-11(15)5-6-13(12)16/h5-6,9,14,17H,3-4,7-8,10H2,1-2H3. The lowest BCUT2D eigenvalue weighted by atomic mass is 10.1. The van der Waals surface area contributed by atoms with Gasteiger partial charge in [0, 0.05) is 12.2 Å². The van der Waals surface area contributed by atoms with Crippen molar-refractivity contribution in [3.63, 3.8) is 0 Å². The highest BCUT2D eigenvalue weighted by molar-refractivity contribution is 5.22. The molecule has 0 saturated heterocycles. The van der Waals surface area contributed by atoms with E-state index in [4.69, 9.17) is 4.74 Å². The predicted molar refractivity (Wildman–Crippen MR) is 68.5 cm³/mol. The monoisotopic (exact) mass is 257 g/mol. The quantitative estimate of drug-likeness (QED) is 0.720. The van der Waals surface area contributed by atoms with E-state index in [0.29, 0.717) is 18.8 Å². The fourth-order valence-corrected chi connectivity index (χ4v) is 1.70. The van der Waals surface area contributed by atoms with Gasteiger partial charge in [0.1, 0.15) is 11.6 Å². The molecule has 0 spiro atoms. The highest BCUT2D eigenvalue weighted by atomic mass is 19.1. The molecular weight excluding hydrogens is 236 g/mol. The van der Waals surface area contributed by atoms with Crippen LogP contribution in [0.2, 0.25) is 0 Å². The van der Waals surface area contributed by atoms with Crippen LogP contribution in [0.25, 0.3) is 0 Å². The smallest absolute Gasteiger partial charge is 0.128 e. The Balaban J connectivity index is 2.75. The third-order valence-electron chi connectivity index (χ3n) is 2.61. The van der Waals surface area contributed by atoms with E-state index in [1.807, 2.05) is 13.8 Å². The van der Waals surface area contributed by atoms with Crippen LogP contribution in [0.3, 0.4) is 0 Å². The molecule has 0 fully saturated rings. The molecule has 0 aromatic heterocycles. The Bertz CT molecular complexity index is 358. The van der Waals surface area contributed by atoms with Gasteiger partial charge < -0.3 is 10.1 Å². The maximum Gasteiger partial charge on any atom is 0.128 e. The number of hydrogen-bond donors (Lipinski definition) is 1. The summed E-state index contributed by atoms with van der Waals surface area (Å²) in [6.45, 7) is 5.77. The average molecular weight is 257 g/mol. The SMILES string of the molecule is CCCNC(COCCC)c1cc(F)ccc1F. The van der Waals surface area contributed by atoms with Crippen molar-refractivity contribution in [2.75, 3.05) is 19.8 Å². The first-order valence-electron chi connectivity index (χ1n) is 6.45. The van der Waals surface area contributed by atoms with Crippen molar-refractivity contribution in [2.24, 2.45) is 0 Å². The Morgan fingerprint density at radius 1 is 1.22 bits per heavy atom. The molecule has 1 N–H and O–H groups in total. The van der Waals surface area contributed by atoms with Gasteiger partial charge in [0.2, 0.25) is 0 Å². The molecule has 102 valence electrons. The normalized spacial score (nSPS) is 12.7. The van der Waals surface area contributed by atoms with Gasteiger partial charge in [-0.25, -0.2) is 8.78 Å². The minimum absolute atomic E-state index is 0.299. The van der Waals surface area contributed by atoms with Crippen LogP contribution in [-0.2, 0) is 4.74 Å². The van der Waals surface area contributed by atoms with Crippen molar-refractivity contribution < 1.29 is 13.5 Å². The Morgan fingerprint density at radius 3 is 2.67 bits per heavy atom. The molecule has 0 radical (unpaired) electrons. The molecule has 0 heterocycles. The maximum atomic E-state index is 13.7. The van der Waals surface area contributed by atoms with Gasteiger partial charge >= 0.3 is 0 Å². The summed E-state index contributed by atoms with van der Waals surface area (Å²) >= 11 is 0. The van der Waals surface area contributed by atoms with Crippen LogP contribution in [-0.4, -0.2) is 19.8 Å². The number of benzene rings is 1. The fraction of sp³-hybridized carbons (Fsp3) is 0.571. The van der Waals surface area contributed by atoms with Crippen molar-refractivity contribution >= 4 is 0 Å². The number of halogens is 2. The molecule has 1 atom stereocenters. The lowest BCUT2D eigenvalue weighted by Gasteiger charge is -2.19. The minimum atomic E-state index is -0.426. The average Bonchev–Trinajstić information content (AvgIpc) is 2.37. The molecule has 1 unspecified atom stereocenters. The lowest BCUT2D eigenvalue weighted by Crippen LogP contribution is -2.27. The van der Waals surface area contributed by atoms with Gasteiger partial charge in [-0.2, -0.15) is 0 Å². The van der Waals surface area contributed by atoms with E-state index in [1.165, 1.54) is 6.07 Å². The molecule has 4 heteroatoms. The summed E-state index contributed by atoms with van der Waals surface area (Å²) in [6.07, 6.45) is 1.84. The van der Waals surface area contributed by atoms with Crippen LogP contribution in [0.4, 0.5) is 8.78 Å². The molecule has 1 rings (SSSR count). The van der Waals surface area contributed by atoms with Crippen LogP contribution >= 0.6 is 0 Å². The molecule has 0 saturated carbocycles. The molecule has 0 bridgehead atoms. The van der Waals surface area contributed by atoms with Crippen LogP contribution in [0.15, 0.2) is 18.2 Å². The maximum absolute atomic E-state index is 13.7. The third-order valence-corrected chi connectivity index (χ3v) is 2.61. The van der Waals surface area contributed by atoms with E-state index in [9.17, 15) is 8.78 Å². The van der Waals surface area contributed by atoms with Crippen LogP contribution in [0, 0.1) is 11.6 Å². The van der Waals surface area contributed by atoms with Crippen LogP contribution < -0.4 is 5.32 Å². The topological polar surface area (TPSA) is 21.3 Å². The van der Waals surface area contributed by atoms with Crippen molar-refractivity contribution in [1.29, 1.82) is 0 Å². The summed E-state index contributed by atoms with van der Waals surface area (Å²) in [6, 6.07) is 3.22. The second kappa shape index (κ2) is 8.16. The molecule has 0 aliphatic rings.